The molecule has 3 N–H and O–H groups in total. The van der Waals surface area contributed by atoms with Gasteiger partial charge in [0.1, 0.15) is 0 Å². The predicted molar refractivity (Wildman–Crippen MR) is 76.1 cm³/mol. The van der Waals surface area contributed by atoms with Crippen LogP contribution < -0.4 is 11.1 Å². The average Bonchev–Trinajstić information content (AvgIpc) is 2.67. The van der Waals surface area contributed by atoms with Gasteiger partial charge in [0.25, 0.3) is 0 Å². The van der Waals surface area contributed by atoms with Gasteiger partial charge < -0.3 is 11.1 Å². The first-order chi connectivity index (χ1) is 8.15. The first-order valence-electron chi connectivity index (χ1n) is 5.98. The maximum atomic E-state index is 11.8. The highest BCUT2D eigenvalue weighted by Gasteiger charge is 2.20. The maximum Gasteiger partial charge on any atom is 0.238 e. The van der Waals surface area contributed by atoms with E-state index in [1.807, 2.05) is 31.2 Å². The van der Waals surface area contributed by atoms with Crippen molar-refractivity contribution in [2.45, 2.75) is 19.4 Å². The van der Waals surface area contributed by atoms with Crippen molar-refractivity contribution in [2.75, 3.05) is 25.0 Å². The van der Waals surface area contributed by atoms with Crippen LogP contribution in [0.1, 0.15) is 12.0 Å². The fourth-order valence-corrected chi connectivity index (χ4v) is 2.11. The molecule has 1 aromatic carbocycles. The van der Waals surface area contributed by atoms with Gasteiger partial charge in [-0.2, -0.15) is 0 Å². The number of likely N-dealkylation sites (tertiary alicyclic amines) is 1. The Bertz CT molecular complexity index is 411. The van der Waals surface area contributed by atoms with Crippen molar-refractivity contribution in [3.05, 3.63) is 29.8 Å². The average molecular weight is 270 g/mol. The molecule has 1 saturated heterocycles. The summed E-state index contributed by atoms with van der Waals surface area (Å²) in [6.45, 7) is 4.16. The minimum atomic E-state index is 0. The van der Waals surface area contributed by atoms with Gasteiger partial charge in [0.05, 0.1) is 6.54 Å². The second kappa shape index (κ2) is 6.73. The van der Waals surface area contributed by atoms with Crippen molar-refractivity contribution in [3.63, 3.8) is 0 Å². The Hall–Kier alpha value is -1.10. The molecule has 0 spiro atoms. The molecule has 0 aromatic heterocycles. The molecule has 1 aromatic rings. The number of para-hydroxylation sites is 1. The van der Waals surface area contributed by atoms with Crippen LogP contribution in [0.2, 0.25) is 0 Å². The zero-order chi connectivity index (χ0) is 12.3. The Morgan fingerprint density at radius 3 is 2.83 bits per heavy atom. The summed E-state index contributed by atoms with van der Waals surface area (Å²) >= 11 is 0. The van der Waals surface area contributed by atoms with Gasteiger partial charge in [0, 0.05) is 24.8 Å². The van der Waals surface area contributed by atoms with Gasteiger partial charge in [0.2, 0.25) is 5.91 Å². The molecule has 1 amide bonds. The normalized spacial score (nSPS) is 19.3. The molecule has 0 saturated carbocycles. The van der Waals surface area contributed by atoms with Crippen LogP contribution in [0.15, 0.2) is 24.3 Å². The molecule has 2 rings (SSSR count). The summed E-state index contributed by atoms with van der Waals surface area (Å²) in [6.07, 6.45) is 0.984. The number of amides is 1. The molecule has 1 fully saturated rings. The van der Waals surface area contributed by atoms with E-state index in [4.69, 9.17) is 5.73 Å². The fraction of sp³-hybridized carbons (Fsp3) is 0.462. The predicted octanol–water partition coefficient (Wildman–Crippen LogP) is 1.39. The Kier molecular flexibility index (Phi) is 5.59. The molecule has 0 radical (unpaired) electrons. The Labute approximate surface area is 114 Å². The Balaban J connectivity index is 0.00000162. The van der Waals surface area contributed by atoms with Crippen molar-refractivity contribution in [2.24, 2.45) is 5.73 Å². The van der Waals surface area contributed by atoms with Gasteiger partial charge in [0.15, 0.2) is 0 Å². The van der Waals surface area contributed by atoms with Crippen LogP contribution in [0.25, 0.3) is 0 Å². The van der Waals surface area contributed by atoms with Gasteiger partial charge in [-0.15, -0.1) is 12.4 Å². The highest BCUT2D eigenvalue weighted by Crippen LogP contribution is 2.13. The number of aryl methyl sites for hydroxylation is 1. The number of nitrogens with one attached hydrogen (secondary N) is 1. The number of carbonyl (C=O) groups is 1. The molecule has 18 heavy (non-hydrogen) atoms. The van der Waals surface area contributed by atoms with Crippen molar-refractivity contribution in [3.8, 4) is 0 Å². The van der Waals surface area contributed by atoms with Gasteiger partial charge >= 0.3 is 0 Å². The third-order valence-electron chi connectivity index (χ3n) is 3.10. The Morgan fingerprint density at radius 1 is 1.50 bits per heavy atom. The molecule has 5 heteroatoms. The summed E-state index contributed by atoms with van der Waals surface area (Å²) in [5, 5.41) is 2.93. The van der Waals surface area contributed by atoms with Crippen molar-refractivity contribution < 1.29 is 4.79 Å². The highest BCUT2D eigenvalue weighted by molar-refractivity contribution is 5.92. The minimum absolute atomic E-state index is 0. The summed E-state index contributed by atoms with van der Waals surface area (Å²) in [5.74, 6) is 0.0356. The minimum Gasteiger partial charge on any atom is -0.326 e. The van der Waals surface area contributed by atoms with E-state index in [0.29, 0.717) is 6.54 Å². The molecule has 0 aliphatic carbocycles. The van der Waals surface area contributed by atoms with Gasteiger partial charge in [-0.3, -0.25) is 9.69 Å². The van der Waals surface area contributed by atoms with E-state index in [1.165, 1.54) is 0 Å². The number of nitrogens with two attached hydrogens (primary N) is 1. The summed E-state index contributed by atoms with van der Waals surface area (Å²) < 4.78 is 0. The van der Waals surface area contributed by atoms with Gasteiger partial charge in [-0.1, -0.05) is 18.2 Å². The lowest BCUT2D eigenvalue weighted by Gasteiger charge is -2.15. The summed E-state index contributed by atoms with van der Waals surface area (Å²) in [6, 6.07) is 8.02. The van der Waals surface area contributed by atoms with E-state index >= 15 is 0 Å². The summed E-state index contributed by atoms with van der Waals surface area (Å²) in [4.78, 5) is 13.9. The van der Waals surface area contributed by atoms with E-state index in [9.17, 15) is 4.79 Å². The lowest BCUT2D eigenvalue weighted by atomic mass is 10.2. The SMILES string of the molecule is Cc1ccccc1NC(=O)CN1CC[C@H](N)C1.Cl. The second-order valence-corrected chi connectivity index (χ2v) is 4.65. The zero-order valence-electron chi connectivity index (χ0n) is 10.6. The second-order valence-electron chi connectivity index (χ2n) is 4.65. The number of nitrogens with zero attached hydrogens (tertiary/aromatic N) is 1. The third kappa shape index (κ3) is 3.98. The maximum absolute atomic E-state index is 11.8. The Morgan fingerprint density at radius 2 is 2.22 bits per heavy atom. The number of benzene rings is 1. The molecule has 1 aliphatic heterocycles. The zero-order valence-corrected chi connectivity index (χ0v) is 11.4. The lowest BCUT2D eigenvalue weighted by molar-refractivity contribution is -0.117. The molecule has 4 nitrogen and oxygen atoms in total. The monoisotopic (exact) mass is 269 g/mol. The molecule has 1 heterocycles. The van der Waals surface area contributed by atoms with E-state index in [0.717, 1.165) is 30.8 Å². The third-order valence-corrected chi connectivity index (χ3v) is 3.10. The summed E-state index contributed by atoms with van der Waals surface area (Å²) in [7, 11) is 0. The number of anilines is 1. The van der Waals surface area contributed by atoms with E-state index in [1.54, 1.807) is 0 Å². The van der Waals surface area contributed by atoms with E-state index in [2.05, 4.69) is 10.2 Å². The van der Waals surface area contributed by atoms with Gasteiger partial charge in [-0.25, -0.2) is 0 Å². The van der Waals surface area contributed by atoms with E-state index in [-0.39, 0.29) is 24.4 Å². The number of hydrogen-bond donors (Lipinski definition) is 2. The topological polar surface area (TPSA) is 58.4 Å². The molecule has 100 valence electrons. The number of halogens is 1. The fourth-order valence-electron chi connectivity index (χ4n) is 2.11. The lowest BCUT2D eigenvalue weighted by Crippen LogP contribution is -2.33. The van der Waals surface area contributed by atoms with Crippen LogP contribution >= 0.6 is 12.4 Å². The first-order valence-corrected chi connectivity index (χ1v) is 5.98. The van der Waals surface area contributed by atoms with Crippen LogP contribution in [-0.2, 0) is 4.79 Å². The first kappa shape index (κ1) is 15.0. The van der Waals surface area contributed by atoms with Crippen LogP contribution in [-0.4, -0.2) is 36.5 Å². The van der Waals surface area contributed by atoms with Crippen molar-refractivity contribution in [1.29, 1.82) is 0 Å². The molecule has 0 unspecified atom stereocenters. The summed E-state index contributed by atoms with van der Waals surface area (Å²) in [5.41, 5.74) is 7.78. The molecule has 0 bridgehead atoms. The molecular weight excluding hydrogens is 250 g/mol. The number of carbonyl (C=O) groups excluding carboxylic acids is 1. The van der Waals surface area contributed by atoms with Crippen LogP contribution in [0.5, 0.6) is 0 Å². The number of hydrogen-bond acceptors (Lipinski definition) is 3. The van der Waals surface area contributed by atoms with E-state index < -0.39 is 0 Å². The number of rotatable bonds is 3. The van der Waals surface area contributed by atoms with Crippen molar-refractivity contribution in [1.82, 2.24) is 4.90 Å². The molecular formula is C13H20ClN3O. The quantitative estimate of drug-likeness (QED) is 0.872. The standard InChI is InChI=1S/C13H19N3O.ClH/c1-10-4-2-3-5-12(10)15-13(17)9-16-7-6-11(14)8-16;/h2-5,11H,6-9,14H2,1H3,(H,15,17);1H/t11-;/m0./s1. The van der Waals surface area contributed by atoms with Crippen LogP contribution in [0.4, 0.5) is 5.69 Å². The van der Waals surface area contributed by atoms with Gasteiger partial charge in [-0.05, 0) is 25.0 Å². The van der Waals surface area contributed by atoms with Crippen LogP contribution in [0, 0.1) is 6.92 Å². The molecule has 1 atom stereocenters. The van der Waals surface area contributed by atoms with Crippen molar-refractivity contribution >= 4 is 24.0 Å². The molecule has 1 aliphatic rings. The largest absolute Gasteiger partial charge is 0.326 e. The highest BCUT2D eigenvalue weighted by atomic mass is 35.5. The smallest absolute Gasteiger partial charge is 0.238 e. The van der Waals surface area contributed by atoms with Crippen LogP contribution in [0.3, 0.4) is 0 Å².